The van der Waals surface area contributed by atoms with E-state index in [-0.39, 0.29) is 19.0 Å². The molecule has 0 aromatic heterocycles. The monoisotopic (exact) mass is 216 g/mol. The Morgan fingerprint density at radius 2 is 2.00 bits per heavy atom. The van der Waals surface area contributed by atoms with Crippen molar-refractivity contribution < 1.29 is 19.8 Å². The zero-order valence-corrected chi connectivity index (χ0v) is 8.40. The van der Waals surface area contributed by atoms with Crippen molar-refractivity contribution in [2.24, 2.45) is 5.92 Å². The SMILES string of the molecule is O=C(NCC[C@H](O)C(=O)O)NCC1CC1. The fourth-order valence-corrected chi connectivity index (χ4v) is 1.07. The number of aliphatic hydroxyl groups excluding tert-OH is 1. The summed E-state index contributed by atoms with van der Waals surface area (Å²) >= 11 is 0. The van der Waals surface area contributed by atoms with Crippen LogP contribution in [0.4, 0.5) is 4.79 Å². The van der Waals surface area contributed by atoms with Crippen LogP contribution in [-0.4, -0.2) is 41.4 Å². The number of carbonyl (C=O) groups is 2. The number of rotatable bonds is 6. The van der Waals surface area contributed by atoms with Crippen molar-refractivity contribution >= 4 is 12.0 Å². The zero-order valence-electron chi connectivity index (χ0n) is 8.40. The van der Waals surface area contributed by atoms with E-state index in [1.54, 1.807) is 0 Å². The van der Waals surface area contributed by atoms with E-state index in [1.807, 2.05) is 0 Å². The van der Waals surface area contributed by atoms with E-state index in [1.165, 1.54) is 0 Å². The van der Waals surface area contributed by atoms with Gasteiger partial charge in [0.2, 0.25) is 0 Å². The molecule has 1 aliphatic rings. The van der Waals surface area contributed by atoms with Crippen molar-refractivity contribution in [1.82, 2.24) is 10.6 Å². The molecule has 1 aliphatic carbocycles. The second-order valence-electron chi connectivity index (χ2n) is 3.72. The van der Waals surface area contributed by atoms with Gasteiger partial charge >= 0.3 is 12.0 Å². The van der Waals surface area contributed by atoms with Crippen molar-refractivity contribution in [2.75, 3.05) is 13.1 Å². The molecule has 1 rings (SSSR count). The molecule has 0 heterocycles. The molecule has 0 saturated heterocycles. The Balaban J connectivity index is 1.98. The van der Waals surface area contributed by atoms with Gasteiger partial charge in [0.15, 0.2) is 6.10 Å². The molecule has 1 saturated carbocycles. The van der Waals surface area contributed by atoms with E-state index in [0.29, 0.717) is 12.5 Å². The van der Waals surface area contributed by atoms with Crippen LogP contribution >= 0.6 is 0 Å². The molecule has 1 atom stereocenters. The van der Waals surface area contributed by atoms with E-state index >= 15 is 0 Å². The van der Waals surface area contributed by atoms with Crippen LogP contribution in [0.2, 0.25) is 0 Å². The smallest absolute Gasteiger partial charge is 0.332 e. The fraction of sp³-hybridized carbons (Fsp3) is 0.778. The topological polar surface area (TPSA) is 98.7 Å². The predicted molar refractivity (Wildman–Crippen MR) is 52.4 cm³/mol. The average molecular weight is 216 g/mol. The molecule has 6 nitrogen and oxygen atoms in total. The third kappa shape index (κ3) is 5.21. The molecule has 15 heavy (non-hydrogen) atoms. The summed E-state index contributed by atoms with van der Waals surface area (Å²) in [6.07, 6.45) is 0.941. The summed E-state index contributed by atoms with van der Waals surface area (Å²) in [6.45, 7) is 0.831. The minimum atomic E-state index is -1.41. The lowest BCUT2D eigenvalue weighted by Crippen LogP contribution is -2.38. The zero-order chi connectivity index (χ0) is 11.3. The molecule has 0 aromatic rings. The summed E-state index contributed by atoms with van der Waals surface area (Å²) in [4.78, 5) is 21.3. The van der Waals surface area contributed by atoms with Gasteiger partial charge in [0, 0.05) is 19.5 Å². The lowest BCUT2D eigenvalue weighted by Gasteiger charge is -2.08. The van der Waals surface area contributed by atoms with Gasteiger partial charge in [0.1, 0.15) is 0 Å². The maximum atomic E-state index is 11.1. The van der Waals surface area contributed by atoms with E-state index < -0.39 is 12.1 Å². The number of aliphatic carboxylic acids is 1. The molecule has 4 N–H and O–H groups in total. The van der Waals surface area contributed by atoms with E-state index in [2.05, 4.69) is 10.6 Å². The summed E-state index contributed by atoms with van der Waals surface area (Å²) in [5, 5.41) is 22.4. The first-order valence-electron chi connectivity index (χ1n) is 5.02. The second kappa shape index (κ2) is 5.55. The van der Waals surface area contributed by atoms with Crippen LogP contribution in [0.25, 0.3) is 0 Å². The molecule has 2 amide bonds. The van der Waals surface area contributed by atoms with Crippen molar-refractivity contribution in [2.45, 2.75) is 25.4 Å². The number of aliphatic hydroxyl groups is 1. The maximum absolute atomic E-state index is 11.1. The van der Waals surface area contributed by atoms with Crippen LogP contribution in [-0.2, 0) is 4.79 Å². The van der Waals surface area contributed by atoms with Crippen molar-refractivity contribution in [1.29, 1.82) is 0 Å². The molecule has 0 unspecified atom stereocenters. The quantitative estimate of drug-likeness (QED) is 0.482. The third-order valence-corrected chi connectivity index (χ3v) is 2.24. The first-order valence-corrected chi connectivity index (χ1v) is 5.02. The Bertz CT molecular complexity index is 240. The highest BCUT2D eigenvalue weighted by molar-refractivity contribution is 5.74. The van der Waals surface area contributed by atoms with E-state index in [9.17, 15) is 9.59 Å². The normalized spacial score (nSPS) is 16.9. The molecule has 0 aliphatic heterocycles. The number of urea groups is 1. The van der Waals surface area contributed by atoms with Crippen LogP contribution < -0.4 is 10.6 Å². The molecule has 0 bridgehead atoms. The third-order valence-electron chi connectivity index (χ3n) is 2.24. The van der Waals surface area contributed by atoms with E-state index in [0.717, 1.165) is 12.8 Å². The molecular formula is C9H16N2O4. The highest BCUT2D eigenvalue weighted by Gasteiger charge is 2.21. The molecule has 0 radical (unpaired) electrons. The number of hydrogen-bond donors (Lipinski definition) is 4. The standard InChI is InChI=1S/C9H16N2O4/c12-7(8(13)14)3-4-10-9(15)11-5-6-1-2-6/h6-7,12H,1-5H2,(H,13,14)(H2,10,11,15)/t7-/m0/s1. The first-order chi connectivity index (χ1) is 7.09. The Morgan fingerprint density at radius 3 is 2.53 bits per heavy atom. The van der Waals surface area contributed by atoms with Gasteiger partial charge < -0.3 is 20.8 Å². The molecule has 86 valence electrons. The van der Waals surface area contributed by atoms with Crippen molar-refractivity contribution in [3.8, 4) is 0 Å². The summed E-state index contributed by atoms with van der Waals surface area (Å²) in [5.41, 5.74) is 0. The van der Waals surface area contributed by atoms with Crippen molar-refractivity contribution in [3.05, 3.63) is 0 Å². The van der Waals surface area contributed by atoms with Crippen LogP contribution in [0, 0.1) is 5.92 Å². The van der Waals surface area contributed by atoms with Gasteiger partial charge in [0.05, 0.1) is 0 Å². The van der Waals surface area contributed by atoms with Gasteiger partial charge in [-0.15, -0.1) is 0 Å². The Morgan fingerprint density at radius 1 is 1.33 bits per heavy atom. The molecule has 0 aromatic carbocycles. The summed E-state index contributed by atoms with van der Waals surface area (Å²) in [6, 6.07) is -0.306. The number of amides is 2. The average Bonchev–Trinajstić information content (AvgIpc) is 2.97. The predicted octanol–water partition coefficient (Wildman–Crippen LogP) is -0.469. The highest BCUT2D eigenvalue weighted by atomic mass is 16.4. The second-order valence-corrected chi connectivity index (χ2v) is 3.72. The summed E-state index contributed by atoms with van der Waals surface area (Å²) < 4.78 is 0. The lowest BCUT2D eigenvalue weighted by molar-refractivity contribution is -0.146. The van der Waals surface area contributed by atoms with Crippen molar-refractivity contribution in [3.63, 3.8) is 0 Å². The first kappa shape index (κ1) is 11.8. The largest absolute Gasteiger partial charge is 0.479 e. The number of hydrogen-bond acceptors (Lipinski definition) is 3. The van der Waals surface area contributed by atoms with E-state index in [4.69, 9.17) is 10.2 Å². The molecule has 1 fully saturated rings. The number of carboxylic acids is 1. The molecule has 0 spiro atoms. The van der Waals surface area contributed by atoms with Crippen LogP contribution in [0.5, 0.6) is 0 Å². The van der Waals surface area contributed by atoms with Gasteiger partial charge in [-0.25, -0.2) is 9.59 Å². The Kier molecular flexibility index (Phi) is 4.36. The molecular weight excluding hydrogens is 200 g/mol. The van der Waals surface area contributed by atoms with Gasteiger partial charge in [-0.2, -0.15) is 0 Å². The Hall–Kier alpha value is -1.30. The van der Waals surface area contributed by atoms with Crippen LogP contribution in [0.1, 0.15) is 19.3 Å². The van der Waals surface area contributed by atoms with Crippen LogP contribution in [0.15, 0.2) is 0 Å². The van der Waals surface area contributed by atoms with Gasteiger partial charge in [-0.05, 0) is 18.8 Å². The summed E-state index contributed by atoms with van der Waals surface area (Å²) in [5.74, 6) is -0.657. The minimum Gasteiger partial charge on any atom is -0.479 e. The maximum Gasteiger partial charge on any atom is 0.332 e. The summed E-state index contributed by atoms with van der Waals surface area (Å²) in [7, 11) is 0. The van der Waals surface area contributed by atoms with Gasteiger partial charge in [-0.1, -0.05) is 0 Å². The number of carboxylic acid groups (broad SMARTS) is 1. The van der Waals surface area contributed by atoms with Gasteiger partial charge in [0.25, 0.3) is 0 Å². The number of nitrogens with one attached hydrogen (secondary N) is 2. The fourth-order valence-electron chi connectivity index (χ4n) is 1.07. The minimum absolute atomic E-state index is 0.0200. The number of carbonyl (C=O) groups excluding carboxylic acids is 1. The highest BCUT2D eigenvalue weighted by Crippen LogP contribution is 2.27. The van der Waals surface area contributed by atoms with Crippen LogP contribution in [0.3, 0.4) is 0 Å². The van der Waals surface area contributed by atoms with Gasteiger partial charge in [-0.3, -0.25) is 0 Å². The Labute approximate surface area is 87.7 Å². The molecule has 6 heteroatoms. The lowest BCUT2D eigenvalue weighted by atomic mass is 10.2.